The van der Waals surface area contributed by atoms with Crippen LogP contribution in [0.5, 0.6) is 5.75 Å². The fourth-order valence-electron chi connectivity index (χ4n) is 3.43. The monoisotopic (exact) mass is 577 g/mol. The summed E-state index contributed by atoms with van der Waals surface area (Å²) in [5.74, 6) is -4.33. The number of alkyl halides is 6. The predicted molar refractivity (Wildman–Crippen MR) is 126 cm³/mol. The molecule has 3 aromatic heterocycles. The van der Waals surface area contributed by atoms with E-state index in [0.717, 1.165) is 43.3 Å². The summed E-state index contributed by atoms with van der Waals surface area (Å²) >= 11 is 0. The Balaban J connectivity index is 0.000000333. The maximum atomic E-state index is 10.6. The Bertz CT molecular complexity index is 1210. The van der Waals surface area contributed by atoms with Gasteiger partial charge >= 0.3 is 24.3 Å². The summed E-state index contributed by atoms with van der Waals surface area (Å²) < 4.78 is 71.7. The Morgan fingerprint density at radius 1 is 0.975 bits per heavy atom. The van der Waals surface area contributed by atoms with Crippen molar-refractivity contribution in [3.63, 3.8) is 0 Å². The third-order valence-electron chi connectivity index (χ3n) is 5.09. The minimum atomic E-state index is -5.08. The van der Waals surface area contributed by atoms with Crippen molar-refractivity contribution in [1.82, 2.24) is 24.4 Å². The molecule has 1 unspecified atom stereocenters. The smallest absolute Gasteiger partial charge is 0.490 e. The van der Waals surface area contributed by atoms with Crippen molar-refractivity contribution >= 4 is 11.9 Å². The van der Waals surface area contributed by atoms with Crippen LogP contribution in [0.4, 0.5) is 26.3 Å². The molecule has 218 valence electrons. The molecule has 16 heteroatoms. The van der Waals surface area contributed by atoms with Gasteiger partial charge in [-0.05, 0) is 31.2 Å². The van der Waals surface area contributed by atoms with Gasteiger partial charge < -0.3 is 19.5 Å². The molecule has 1 aliphatic rings. The lowest BCUT2D eigenvalue weighted by Crippen LogP contribution is -2.31. The number of pyridine rings is 2. The van der Waals surface area contributed by atoms with Crippen LogP contribution >= 0.6 is 0 Å². The van der Waals surface area contributed by atoms with Crippen LogP contribution in [0, 0.1) is 12.8 Å². The van der Waals surface area contributed by atoms with Crippen molar-refractivity contribution in [3.05, 3.63) is 72.3 Å². The van der Waals surface area contributed by atoms with Crippen molar-refractivity contribution in [2.45, 2.75) is 38.9 Å². The summed E-state index contributed by atoms with van der Waals surface area (Å²) in [6.07, 6.45) is -2.78. The molecule has 0 aliphatic carbocycles. The molecule has 40 heavy (non-hydrogen) atoms. The van der Waals surface area contributed by atoms with E-state index in [1.807, 2.05) is 37.6 Å². The van der Waals surface area contributed by atoms with E-state index < -0.39 is 24.3 Å². The second kappa shape index (κ2) is 14.3. The SMILES string of the molecule is Cc1cccc(CN2Cc3cncn3CC(COc3cccnc3)C2)n1.O=C(O)C(F)(F)F.O=C(O)C(F)(F)F. The van der Waals surface area contributed by atoms with E-state index in [4.69, 9.17) is 24.5 Å². The lowest BCUT2D eigenvalue weighted by atomic mass is 10.1. The molecule has 0 spiro atoms. The largest absolute Gasteiger partial charge is 0.492 e. The van der Waals surface area contributed by atoms with Crippen molar-refractivity contribution < 1.29 is 50.9 Å². The van der Waals surface area contributed by atoms with E-state index >= 15 is 0 Å². The molecule has 0 saturated carbocycles. The molecule has 3 aromatic rings. The van der Waals surface area contributed by atoms with Crippen LogP contribution in [-0.4, -0.2) is 72.1 Å². The number of aryl methyl sites for hydroxylation is 1. The molecule has 0 saturated heterocycles. The molecule has 0 aromatic carbocycles. The van der Waals surface area contributed by atoms with Gasteiger partial charge in [-0.15, -0.1) is 0 Å². The topological polar surface area (TPSA) is 131 Å². The van der Waals surface area contributed by atoms with Crippen molar-refractivity contribution in [2.75, 3.05) is 13.2 Å². The van der Waals surface area contributed by atoms with E-state index in [1.165, 1.54) is 5.69 Å². The number of aromatic nitrogens is 4. The van der Waals surface area contributed by atoms with Crippen LogP contribution in [0.25, 0.3) is 0 Å². The number of fused-ring (bicyclic) bond motifs is 1. The van der Waals surface area contributed by atoms with E-state index in [-0.39, 0.29) is 0 Å². The number of carboxylic acids is 2. The molecule has 1 atom stereocenters. The van der Waals surface area contributed by atoms with Crippen molar-refractivity contribution in [2.24, 2.45) is 5.92 Å². The highest BCUT2D eigenvalue weighted by Crippen LogP contribution is 2.20. The average Bonchev–Trinajstić information content (AvgIpc) is 3.22. The molecular formula is C24H25F6N5O5. The molecular weight excluding hydrogens is 552 g/mol. The number of imidazole rings is 1. The predicted octanol–water partition coefficient (Wildman–Crippen LogP) is 3.96. The Morgan fingerprint density at radius 3 is 2.17 bits per heavy atom. The molecule has 1 aliphatic heterocycles. The average molecular weight is 577 g/mol. The maximum Gasteiger partial charge on any atom is 0.490 e. The molecule has 0 bridgehead atoms. The molecule has 0 amide bonds. The quantitative estimate of drug-likeness (QED) is 0.433. The highest BCUT2D eigenvalue weighted by atomic mass is 19.4. The zero-order valence-corrected chi connectivity index (χ0v) is 20.9. The van der Waals surface area contributed by atoms with E-state index in [9.17, 15) is 26.3 Å². The van der Waals surface area contributed by atoms with Gasteiger partial charge in [0.25, 0.3) is 0 Å². The molecule has 0 fully saturated rings. The zero-order chi connectivity index (χ0) is 29.9. The van der Waals surface area contributed by atoms with Gasteiger partial charge in [-0.1, -0.05) is 6.07 Å². The number of hydrogen-bond donors (Lipinski definition) is 2. The first-order valence-electron chi connectivity index (χ1n) is 11.4. The second-order valence-electron chi connectivity index (χ2n) is 8.45. The van der Waals surface area contributed by atoms with Gasteiger partial charge in [0, 0.05) is 50.2 Å². The highest BCUT2D eigenvalue weighted by Gasteiger charge is 2.38. The van der Waals surface area contributed by atoms with Gasteiger partial charge in [-0.25, -0.2) is 14.6 Å². The third kappa shape index (κ3) is 11.3. The number of carbonyl (C=O) groups is 2. The van der Waals surface area contributed by atoms with Gasteiger partial charge in [0.2, 0.25) is 0 Å². The van der Waals surface area contributed by atoms with Crippen LogP contribution in [0.1, 0.15) is 17.1 Å². The Morgan fingerprint density at radius 2 is 1.62 bits per heavy atom. The molecule has 10 nitrogen and oxygen atoms in total. The van der Waals surface area contributed by atoms with Crippen LogP contribution in [0.15, 0.2) is 55.2 Å². The van der Waals surface area contributed by atoms with E-state index in [0.29, 0.717) is 12.5 Å². The van der Waals surface area contributed by atoms with Gasteiger partial charge in [-0.2, -0.15) is 26.3 Å². The summed E-state index contributed by atoms with van der Waals surface area (Å²) in [5.41, 5.74) is 3.39. The first-order chi connectivity index (χ1) is 18.6. The molecule has 4 rings (SSSR count). The number of aliphatic carboxylic acids is 2. The lowest BCUT2D eigenvalue weighted by Gasteiger charge is -2.23. The lowest BCUT2D eigenvalue weighted by molar-refractivity contribution is -0.193. The fourth-order valence-corrected chi connectivity index (χ4v) is 3.43. The van der Waals surface area contributed by atoms with Gasteiger partial charge in [0.15, 0.2) is 0 Å². The van der Waals surface area contributed by atoms with Crippen LogP contribution in [-0.2, 0) is 29.2 Å². The fraction of sp³-hybridized carbons (Fsp3) is 0.375. The molecule has 4 heterocycles. The zero-order valence-electron chi connectivity index (χ0n) is 20.9. The van der Waals surface area contributed by atoms with Gasteiger partial charge in [-0.3, -0.25) is 14.9 Å². The van der Waals surface area contributed by atoms with E-state index in [2.05, 4.69) is 36.6 Å². The normalized spacial score (nSPS) is 15.3. The summed E-state index contributed by atoms with van der Waals surface area (Å²) in [6, 6.07) is 10.0. The van der Waals surface area contributed by atoms with Gasteiger partial charge in [0.1, 0.15) is 5.75 Å². The number of halogens is 6. The van der Waals surface area contributed by atoms with Crippen LogP contribution in [0.2, 0.25) is 0 Å². The Kier molecular flexibility index (Phi) is 11.4. The first-order valence-corrected chi connectivity index (χ1v) is 11.4. The van der Waals surface area contributed by atoms with Gasteiger partial charge in [0.05, 0.1) is 30.5 Å². The second-order valence-corrected chi connectivity index (χ2v) is 8.45. The number of hydrogen-bond acceptors (Lipinski definition) is 7. The Hall–Kier alpha value is -4.21. The summed E-state index contributed by atoms with van der Waals surface area (Å²) in [7, 11) is 0. The minimum absolute atomic E-state index is 0.371. The summed E-state index contributed by atoms with van der Waals surface area (Å²) in [6.45, 7) is 6.26. The van der Waals surface area contributed by atoms with Crippen LogP contribution < -0.4 is 4.74 Å². The maximum absolute atomic E-state index is 10.6. The highest BCUT2D eigenvalue weighted by molar-refractivity contribution is 5.73. The van der Waals surface area contributed by atoms with Crippen molar-refractivity contribution in [1.29, 1.82) is 0 Å². The number of ether oxygens (including phenoxy) is 1. The molecule has 0 radical (unpaired) electrons. The minimum Gasteiger partial charge on any atom is -0.492 e. The van der Waals surface area contributed by atoms with Crippen LogP contribution in [0.3, 0.4) is 0 Å². The van der Waals surface area contributed by atoms with E-state index in [1.54, 1.807) is 12.4 Å². The standard InChI is InChI=1S/C20H23N5O.2C2HF3O2/c1-16-4-2-5-18(23-16)12-24-10-17(11-25-15-22-8-19(25)13-24)14-26-20-6-3-7-21-9-20;2*3-2(4,5)1(6)7/h2-9,15,17H,10-14H2,1H3;2*(H,6,7). The molecule has 2 N–H and O–H groups in total. The Labute approximate surface area is 223 Å². The number of carboxylic acid groups (broad SMARTS) is 2. The first kappa shape index (κ1) is 32.0. The third-order valence-corrected chi connectivity index (χ3v) is 5.09. The number of rotatable bonds is 5. The summed E-state index contributed by atoms with van der Waals surface area (Å²) in [5, 5.41) is 14.2. The van der Waals surface area contributed by atoms with Crippen molar-refractivity contribution in [3.8, 4) is 5.75 Å². The summed E-state index contributed by atoms with van der Waals surface area (Å²) in [4.78, 5) is 33.3. The number of nitrogens with zero attached hydrogens (tertiary/aromatic N) is 5.